The second kappa shape index (κ2) is 14.5. The second-order valence-corrected chi connectivity index (χ2v) is 8.90. The van der Waals surface area contributed by atoms with Gasteiger partial charge in [-0.2, -0.15) is 11.8 Å². The standard InChI is InChI=1S/C22H33N5O6S/c1-33-13-4-8-23-20(28)16-25-9-11-26(12-10-25)22(30)19(7-14-34-2)24-21(29)17-5-3-6-18(15-17)27(31)32/h3,5-6,15,19H,4,7-14,16H2,1-2H3,(H,23,28)(H,24,29). The summed E-state index contributed by atoms with van der Waals surface area (Å²) in [4.78, 5) is 52.1. The molecule has 3 amide bonds. The van der Waals surface area contributed by atoms with Gasteiger partial charge in [0.2, 0.25) is 11.8 Å². The lowest BCUT2D eigenvalue weighted by Gasteiger charge is -2.36. The Morgan fingerprint density at radius 1 is 1.24 bits per heavy atom. The maximum absolute atomic E-state index is 13.2. The van der Waals surface area contributed by atoms with Gasteiger partial charge in [0.05, 0.1) is 11.5 Å². The lowest BCUT2D eigenvalue weighted by molar-refractivity contribution is -0.384. The number of nitrogens with zero attached hydrogens (tertiary/aromatic N) is 3. The van der Waals surface area contributed by atoms with Gasteiger partial charge in [-0.25, -0.2) is 0 Å². The van der Waals surface area contributed by atoms with Crippen molar-refractivity contribution in [2.24, 2.45) is 0 Å². The highest BCUT2D eigenvalue weighted by Crippen LogP contribution is 2.14. The van der Waals surface area contributed by atoms with Crippen LogP contribution in [0.2, 0.25) is 0 Å². The van der Waals surface area contributed by atoms with Crippen LogP contribution < -0.4 is 10.6 Å². The molecular weight excluding hydrogens is 462 g/mol. The lowest BCUT2D eigenvalue weighted by atomic mass is 10.1. The van der Waals surface area contributed by atoms with Crippen LogP contribution in [0.1, 0.15) is 23.2 Å². The van der Waals surface area contributed by atoms with E-state index in [1.54, 1.807) is 23.8 Å². The smallest absolute Gasteiger partial charge is 0.270 e. The topological polar surface area (TPSA) is 134 Å². The fraction of sp³-hybridized carbons (Fsp3) is 0.591. The molecule has 0 spiro atoms. The average Bonchev–Trinajstić information content (AvgIpc) is 2.84. The van der Waals surface area contributed by atoms with Crippen molar-refractivity contribution in [3.63, 3.8) is 0 Å². The van der Waals surface area contributed by atoms with E-state index in [4.69, 9.17) is 4.74 Å². The van der Waals surface area contributed by atoms with Gasteiger partial charge in [-0.1, -0.05) is 6.07 Å². The molecule has 0 aromatic heterocycles. The van der Waals surface area contributed by atoms with E-state index in [0.717, 1.165) is 6.42 Å². The summed E-state index contributed by atoms with van der Waals surface area (Å²) in [5.41, 5.74) is -0.0454. The molecule has 1 aliphatic heterocycles. The molecular formula is C22H33N5O6S. The minimum Gasteiger partial charge on any atom is -0.385 e. The summed E-state index contributed by atoms with van der Waals surface area (Å²) in [5.74, 6) is -0.0872. The number of thioether (sulfide) groups is 1. The van der Waals surface area contributed by atoms with E-state index in [-0.39, 0.29) is 29.6 Å². The number of non-ortho nitro benzene ring substituents is 1. The van der Waals surface area contributed by atoms with Gasteiger partial charge in [0.25, 0.3) is 11.6 Å². The number of hydrogen-bond donors (Lipinski definition) is 2. The van der Waals surface area contributed by atoms with Gasteiger partial charge >= 0.3 is 0 Å². The first-order chi connectivity index (χ1) is 16.3. The van der Waals surface area contributed by atoms with Crippen molar-refractivity contribution in [2.75, 3.05) is 65.0 Å². The Labute approximate surface area is 203 Å². The monoisotopic (exact) mass is 495 g/mol. The number of piperazine rings is 1. The Morgan fingerprint density at radius 2 is 1.97 bits per heavy atom. The molecule has 0 bridgehead atoms. The van der Waals surface area contributed by atoms with E-state index in [1.807, 2.05) is 11.2 Å². The van der Waals surface area contributed by atoms with Crippen LogP contribution >= 0.6 is 11.8 Å². The van der Waals surface area contributed by atoms with Crippen LogP contribution in [0.4, 0.5) is 5.69 Å². The number of benzene rings is 1. The normalized spacial score (nSPS) is 14.9. The molecule has 12 heteroatoms. The molecule has 0 aliphatic carbocycles. The van der Waals surface area contributed by atoms with E-state index in [9.17, 15) is 24.5 Å². The van der Waals surface area contributed by atoms with E-state index in [0.29, 0.717) is 51.5 Å². The van der Waals surface area contributed by atoms with Crippen molar-refractivity contribution in [3.8, 4) is 0 Å². The summed E-state index contributed by atoms with van der Waals surface area (Å²) >= 11 is 1.57. The number of nitro groups is 1. The first kappa shape index (κ1) is 27.5. The van der Waals surface area contributed by atoms with Gasteiger partial charge in [0.15, 0.2) is 0 Å². The van der Waals surface area contributed by atoms with E-state index in [1.165, 1.54) is 24.3 Å². The van der Waals surface area contributed by atoms with Crippen LogP contribution in [0, 0.1) is 10.1 Å². The van der Waals surface area contributed by atoms with Crippen molar-refractivity contribution in [3.05, 3.63) is 39.9 Å². The minimum atomic E-state index is -0.727. The van der Waals surface area contributed by atoms with Crippen molar-refractivity contribution >= 4 is 35.2 Å². The van der Waals surface area contributed by atoms with Gasteiger partial charge in [0.1, 0.15) is 6.04 Å². The molecule has 0 radical (unpaired) electrons. The van der Waals surface area contributed by atoms with Gasteiger partial charge in [0, 0.05) is 64.1 Å². The zero-order chi connectivity index (χ0) is 24.9. The highest BCUT2D eigenvalue weighted by Gasteiger charge is 2.29. The van der Waals surface area contributed by atoms with Gasteiger partial charge in [-0.3, -0.25) is 29.4 Å². The number of nitro benzene ring substituents is 1. The first-order valence-electron chi connectivity index (χ1n) is 11.2. The Hall–Kier alpha value is -2.70. The maximum atomic E-state index is 13.2. The fourth-order valence-electron chi connectivity index (χ4n) is 3.55. The predicted molar refractivity (Wildman–Crippen MR) is 130 cm³/mol. The molecule has 34 heavy (non-hydrogen) atoms. The Kier molecular flexibility index (Phi) is 11.8. The van der Waals surface area contributed by atoms with E-state index >= 15 is 0 Å². The summed E-state index contributed by atoms with van der Waals surface area (Å²) in [6, 6.07) is 4.71. The average molecular weight is 496 g/mol. The van der Waals surface area contributed by atoms with Crippen LogP contribution in [0.3, 0.4) is 0 Å². The molecule has 1 saturated heterocycles. The van der Waals surface area contributed by atoms with E-state index < -0.39 is 16.9 Å². The molecule has 1 aromatic rings. The number of nitrogens with one attached hydrogen (secondary N) is 2. The Bertz CT molecular complexity index is 847. The molecule has 1 heterocycles. The molecule has 1 aliphatic rings. The molecule has 11 nitrogen and oxygen atoms in total. The van der Waals surface area contributed by atoms with Crippen LogP contribution in [-0.4, -0.2) is 103 Å². The third kappa shape index (κ3) is 8.92. The SMILES string of the molecule is COCCCNC(=O)CN1CCN(C(=O)C(CCSC)NC(=O)c2cccc([N+](=O)[O-])c2)CC1. The zero-order valence-corrected chi connectivity index (χ0v) is 20.5. The third-order valence-electron chi connectivity index (χ3n) is 5.43. The van der Waals surface area contributed by atoms with Crippen LogP contribution in [0.25, 0.3) is 0 Å². The summed E-state index contributed by atoms with van der Waals surface area (Å²) in [6.07, 6.45) is 3.12. The van der Waals surface area contributed by atoms with Gasteiger partial charge < -0.3 is 20.3 Å². The number of rotatable bonds is 13. The zero-order valence-electron chi connectivity index (χ0n) is 19.7. The Balaban J connectivity index is 1.90. The number of carbonyl (C=O) groups excluding carboxylic acids is 3. The number of methoxy groups -OCH3 is 1. The summed E-state index contributed by atoms with van der Waals surface area (Å²) in [6.45, 7) is 3.46. The van der Waals surface area contributed by atoms with Gasteiger partial charge in [-0.05, 0) is 30.9 Å². The fourth-order valence-corrected chi connectivity index (χ4v) is 4.02. The lowest BCUT2D eigenvalue weighted by Crippen LogP contribution is -2.56. The third-order valence-corrected chi connectivity index (χ3v) is 6.08. The van der Waals surface area contributed by atoms with Gasteiger partial charge in [-0.15, -0.1) is 0 Å². The van der Waals surface area contributed by atoms with Crippen LogP contribution in [-0.2, 0) is 14.3 Å². The highest BCUT2D eigenvalue weighted by atomic mass is 32.2. The molecule has 188 valence electrons. The molecule has 1 fully saturated rings. The summed E-state index contributed by atoms with van der Waals surface area (Å²) < 4.78 is 4.96. The van der Waals surface area contributed by atoms with Crippen molar-refractivity contribution in [1.82, 2.24) is 20.4 Å². The number of ether oxygens (including phenoxy) is 1. The predicted octanol–water partition coefficient (Wildman–Crippen LogP) is 0.743. The van der Waals surface area contributed by atoms with Crippen molar-refractivity contribution < 1.29 is 24.0 Å². The number of carbonyl (C=O) groups is 3. The quantitative estimate of drug-likeness (QED) is 0.233. The van der Waals surface area contributed by atoms with E-state index in [2.05, 4.69) is 10.6 Å². The Morgan fingerprint density at radius 3 is 2.62 bits per heavy atom. The summed E-state index contributed by atoms with van der Waals surface area (Å²) in [5, 5.41) is 16.6. The molecule has 2 N–H and O–H groups in total. The largest absolute Gasteiger partial charge is 0.385 e. The minimum absolute atomic E-state index is 0.0575. The first-order valence-corrected chi connectivity index (χ1v) is 12.6. The number of amides is 3. The molecule has 1 aromatic carbocycles. The molecule has 1 atom stereocenters. The van der Waals surface area contributed by atoms with Crippen molar-refractivity contribution in [1.29, 1.82) is 0 Å². The van der Waals surface area contributed by atoms with Crippen LogP contribution in [0.5, 0.6) is 0 Å². The van der Waals surface area contributed by atoms with Crippen LogP contribution in [0.15, 0.2) is 24.3 Å². The summed E-state index contributed by atoms with van der Waals surface area (Å²) in [7, 11) is 1.62. The molecule has 2 rings (SSSR count). The molecule has 1 unspecified atom stereocenters. The highest BCUT2D eigenvalue weighted by molar-refractivity contribution is 7.98. The molecule has 0 saturated carbocycles. The maximum Gasteiger partial charge on any atom is 0.270 e. The second-order valence-electron chi connectivity index (χ2n) is 7.91. The number of hydrogen-bond acceptors (Lipinski definition) is 8. The van der Waals surface area contributed by atoms with Crippen molar-refractivity contribution in [2.45, 2.75) is 18.9 Å².